The van der Waals surface area contributed by atoms with E-state index in [4.69, 9.17) is 4.98 Å². The molecule has 0 spiro atoms. The van der Waals surface area contributed by atoms with Crippen LogP contribution in [0.3, 0.4) is 0 Å². The molecule has 5 fully saturated rings. The summed E-state index contributed by atoms with van der Waals surface area (Å²) in [6.07, 6.45) is 9.55. The van der Waals surface area contributed by atoms with Crippen molar-refractivity contribution in [1.29, 1.82) is 0 Å². The minimum Gasteiger partial charge on any atom is -0.324 e. The van der Waals surface area contributed by atoms with Crippen molar-refractivity contribution in [1.82, 2.24) is 19.8 Å². The van der Waals surface area contributed by atoms with Crippen LogP contribution in [-0.2, 0) is 0 Å². The van der Waals surface area contributed by atoms with Crippen LogP contribution in [0.2, 0.25) is 0 Å². The number of nitrogens with zero attached hydrogens (tertiary/aromatic N) is 3. The Morgan fingerprint density at radius 3 is 2.65 bits per heavy atom. The lowest BCUT2D eigenvalue weighted by molar-refractivity contribution is -0.112. The highest BCUT2D eigenvalue weighted by Crippen LogP contribution is 2.61. The lowest BCUT2D eigenvalue weighted by atomic mass is 9.45. The summed E-state index contributed by atoms with van der Waals surface area (Å²) in [5.41, 5.74) is 3.16. The monoisotopic (exact) mass is 420 g/mol. The van der Waals surface area contributed by atoms with E-state index < -0.39 is 0 Å². The number of nitrogens with one attached hydrogen (secondary N) is 1. The summed E-state index contributed by atoms with van der Waals surface area (Å²) in [6.45, 7) is 11.2. The molecule has 2 aliphatic heterocycles. The van der Waals surface area contributed by atoms with Crippen molar-refractivity contribution in [3.63, 3.8) is 0 Å². The van der Waals surface area contributed by atoms with Crippen molar-refractivity contribution in [2.75, 3.05) is 32.7 Å². The summed E-state index contributed by atoms with van der Waals surface area (Å²) in [6, 6.07) is 9.44. The van der Waals surface area contributed by atoms with Crippen LogP contribution in [0.15, 0.2) is 24.3 Å². The van der Waals surface area contributed by atoms with Gasteiger partial charge in [-0.25, -0.2) is 4.98 Å². The maximum Gasteiger partial charge on any atom is 0.114 e. The summed E-state index contributed by atoms with van der Waals surface area (Å²) in [5, 5.41) is 3.61. The average Bonchev–Trinajstić information content (AvgIpc) is 3.20. The van der Waals surface area contributed by atoms with Crippen LogP contribution in [0.25, 0.3) is 11.0 Å². The van der Waals surface area contributed by atoms with E-state index in [0.29, 0.717) is 17.4 Å². The number of para-hydroxylation sites is 2. The summed E-state index contributed by atoms with van der Waals surface area (Å²) in [4.78, 5) is 7.97. The minimum absolute atomic E-state index is 0.565. The van der Waals surface area contributed by atoms with Crippen molar-refractivity contribution in [2.45, 2.75) is 70.8 Å². The largest absolute Gasteiger partial charge is 0.324 e. The van der Waals surface area contributed by atoms with Gasteiger partial charge in [0.15, 0.2) is 0 Å². The first-order valence-electron chi connectivity index (χ1n) is 13.0. The van der Waals surface area contributed by atoms with Gasteiger partial charge in [0.1, 0.15) is 5.82 Å². The van der Waals surface area contributed by atoms with Gasteiger partial charge in [-0.05, 0) is 86.8 Å². The van der Waals surface area contributed by atoms with E-state index >= 15 is 0 Å². The molecule has 1 N–H and O–H groups in total. The second kappa shape index (κ2) is 7.88. The van der Waals surface area contributed by atoms with Crippen LogP contribution in [-0.4, -0.2) is 47.2 Å². The van der Waals surface area contributed by atoms with Gasteiger partial charge in [-0.15, -0.1) is 0 Å². The standard InChI is InChI=1S/C27H40N4/c1-27(2)21-10-9-20(23(27)16-21)18-30-14-11-22(12-15-30)31-25-8-4-3-7-24(25)29-26(31)19-6-5-13-28-17-19/h3-4,7-8,19-23,28H,5-6,9-18H2,1-2H3/t19-,20+,21+,23+/m1/s1. The number of rotatable bonds is 4. The van der Waals surface area contributed by atoms with E-state index in [2.05, 4.69) is 52.9 Å². The van der Waals surface area contributed by atoms with Crippen molar-refractivity contribution in [3.05, 3.63) is 30.1 Å². The number of likely N-dealkylation sites (tertiary alicyclic amines) is 1. The fourth-order valence-electron chi connectivity index (χ4n) is 7.68. The van der Waals surface area contributed by atoms with E-state index in [1.807, 2.05) is 0 Å². The summed E-state index contributed by atoms with van der Waals surface area (Å²) >= 11 is 0. The lowest BCUT2D eigenvalue weighted by Gasteiger charge is -2.61. The molecule has 2 aromatic rings. The SMILES string of the molecule is CC1(C)[C@H]2CC[C@@H](CN3CCC(n4c([C@@H]5CCCNC5)nc5ccccc54)CC3)[C@@H]1C2. The lowest BCUT2D eigenvalue weighted by Crippen LogP contribution is -2.55. The van der Waals surface area contributed by atoms with Crippen molar-refractivity contribution in [3.8, 4) is 0 Å². The molecular weight excluding hydrogens is 380 g/mol. The number of hydrogen-bond donors (Lipinski definition) is 1. The first-order valence-corrected chi connectivity index (χ1v) is 13.0. The smallest absolute Gasteiger partial charge is 0.114 e. The molecule has 3 aliphatic carbocycles. The average molecular weight is 421 g/mol. The molecule has 4 nitrogen and oxygen atoms in total. The third-order valence-corrected chi connectivity index (χ3v) is 9.70. The second-order valence-electron chi connectivity index (χ2n) is 11.6. The van der Waals surface area contributed by atoms with E-state index in [9.17, 15) is 0 Å². The topological polar surface area (TPSA) is 33.1 Å². The van der Waals surface area contributed by atoms with Gasteiger partial charge in [-0.3, -0.25) is 0 Å². The molecule has 5 aliphatic rings. The van der Waals surface area contributed by atoms with Crippen LogP contribution in [0, 0.1) is 23.2 Å². The van der Waals surface area contributed by atoms with Gasteiger partial charge in [-0.1, -0.05) is 26.0 Å². The highest BCUT2D eigenvalue weighted by atomic mass is 15.2. The molecule has 168 valence electrons. The zero-order chi connectivity index (χ0) is 21.0. The van der Waals surface area contributed by atoms with Gasteiger partial charge in [0, 0.05) is 38.1 Å². The fraction of sp³-hybridized carbons (Fsp3) is 0.741. The maximum absolute atomic E-state index is 5.16. The summed E-state index contributed by atoms with van der Waals surface area (Å²) in [5.74, 6) is 4.85. The quantitative estimate of drug-likeness (QED) is 0.737. The molecule has 0 radical (unpaired) electrons. The first-order chi connectivity index (χ1) is 15.1. The second-order valence-corrected chi connectivity index (χ2v) is 11.6. The predicted molar refractivity (Wildman–Crippen MR) is 127 cm³/mol. The highest BCUT2D eigenvalue weighted by molar-refractivity contribution is 5.76. The number of hydrogen-bond acceptors (Lipinski definition) is 3. The third kappa shape index (κ3) is 3.45. The van der Waals surface area contributed by atoms with E-state index in [-0.39, 0.29) is 0 Å². The zero-order valence-electron chi connectivity index (χ0n) is 19.5. The van der Waals surface area contributed by atoms with E-state index in [1.54, 1.807) is 0 Å². The zero-order valence-corrected chi connectivity index (χ0v) is 19.5. The van der Waals surface area contributed by atoms with Crippen LogP contribution in [0.4, 0.5) is 0 Å². The van der Waals surface area contributed by atoms with Gasteiger partial charge in [-0.2, -0.15) is 0 Å². The highest BCUT2D eigenvalue weighted by Gasteiger charge is 2.54. The molecule has 2 bridgehead atoms. The number of fused-ring (bicyclic) bond motifs is 3. The Kier molecular flexibility index (Phi) is 5.14. The molecule has 7 rings (SSSR count). The molecule has 4 heteroatoms. The molecule has 3 heterocycles. The molecule has 31 heavy (non-hydrogen) atoms. The Bertz CT molecular complexity index is 914. The molecule has 2 saturated heterocycles. The number of imidazole rings is 1. The predicted octanol–water partition coefficient (Wildman–Crippen LogP) is 5.21. The van der Waals surface area contributed by atoms with E-state index in [0.717, 1.165) is 30.8 Å². The van der Waals surface area contributed by atoms with Gasteiger partial charge in [0.25, 0.3) is 0 Å². The molecule has 1 aromatic heterocycles. The Balaban J connectivity index is 1.17. The Labute approximate surface area is 187 Å². The van der Waals surface area contributed by atoms with Gasteiger partial charge >= 0.3 is 0 Å². The number of aromatic nitrogens is 2. The van der Waals surface area contributed by atoms with Crippen LogP contribution < -0.4 is 5.32 Å². The third-order valence-electron chi connectivity index (χ3n) is 9.70. The van der Waals surface area contributed by atoms with Gasteiger partial charge < -0.3 is 14.8 Å². The van der Waals surface area contributed by atoms with Crippen LogP contribution in [0.1, 0.15) is 76.6 Å². The van der Waals surface area contributed by atoms with Gasteiger partial charge in [0.2, 0.25) is 0 Å². The Morgan fingerprint density at radius 2 is 1.90 bits per heavy atom. The summed E-state index contributed by atoms with van der Waals surface area (Å²) in [7, 11) is 0. The Hall–Kier alpha value is -1.39. The summed E-state index contributed by atoms with van der Waals surface area (Å²) < 4.78 is 2.66. The van der Waals surface area contributed by atoms with Crippen molar-refractivity contribution < 1.29 is 0 Å². The van der Waals surface area contributed by atoms with Crippen LogP contribution >= 0.6 is 0 Å². The van der Waals surface area contributed by atoms with Gasteiger partial charge in [0.05, 0.1) is 11.0 Å². The molecule has 0 unspecified atom stereocenters. The fourth-order valence-corrected chi connectivity index (χ4v) is 7.68. The molecule has 3 saturated carbocycles. The number of piperidine rings is 2. The molecule has 0 amide bonds. The van der Waals surface area contributed by atoms with Crippen molar-refractivity contribution in [2.24, 2.45) is 23.2 Å². The molecule has 4 atom stereocenters. The minimum atomic E-state index is 0.565. The maximum atomic E-state index is 5.16. The number of benzene rings is 1. The van der Waals surface area contributed by atoms with Crippen molar-refractivity contribution >= 4 is 11.0 Å². The van der Waals surface area contributed by atoms with Crippen LogP contribution in [0.5, 0.6) is 0 Å². The normalized spacial score (nSPS) is 34.0. The Morgan fingerprint density at radius 1 is 1.06 bits per heavy atom. The molecular formula is C27H40N4. The first kappa shape index (κ1) is 20.2. The molecule has 1 aromatic carbocycles. The van der Waals surface area contributed by atoms with E-state index in [1.165, 1.54) is 81.4 Å².